The maximum Gasteiger partial charge on any atom is 0.242 e. The van der Waals surface area contributed by atoms with Gasteiger partial charge in [-0.2, -0.15) is 0 Å². The van der Waals surface area contributed by atoms with Crippen LogP contribution in [0.5, 0.6) is 5.75 Å². The molecular weight excluding hydrogens is 432 g/mol. The minimum atomic E-state index is -0.504. The summed E-state index contributed by atoms with van der Waals surface area (Å²) in [6.45, 7) is 4.98. The Balaban J connectivity index is 1.49. The first-order chi connectivity index (χ1) is 16.5. The predicted molar refractivity (Wildman–Crippen MR) is 126 cm³/mol. The molecule has 1 aromatic carbocycles. The standard InChI is InChI=1S/C26H30N4O4/c1-18-23(19(2)34-29-18)15-25(31)30(24-8-4-6-14-28-26(24)32)16-20-9-11-22(12-10-20)33-17-21-7-3-5-13-27-21/h3,5,7,9-13,24H,4,6,8,14-17H2,1-2H3,(H,28,32)/t24-/m0/s1. The van der Waals surface area contributed by atoms with Crippen molar-refractivity contribution in [3.8, 4) is 5.75 Å². The van der Waals surface area contributed by atoms with E-state index < -0.39 is 6.04 Å². The van der Waals surface area contributed by atoms with Crippen LogP contribution in [0.1, 0.15) is 47.5 Å². The van der Waals surface area contributed by atoms with E-state index in [2.05, 4.69) is 15.5 Å². The quantitative estimate of drug-likeness (QED) is 0.550. The van der Waals surface area contributed by atoms with Crippen molar-refractivity contribution in [2.24, 2.45) is 0 Å². The lowest BCUT2D eigenvalue weighted by molar-refractivity contribution is -0.140. The van der Waals surface area contributed by atoms with Crippen LogP contribution in [0.4, 0.5) is 0 Å². The molecule has 3 heterocycles. The first kappa shape index (κ1) is 23.5. The fourth-order valence-electron chi connectivity index (χ4n) is 4.13. The van der Waals surface area contributed by atoms with Gasteiger partial charge in [-0.1, -0.05) is 23.4 Å². The molecule has 1 fully saturated rings. The summed E-state index contributed by atoms with van der Waals surface area (Å²) < 4.78 is 11.1. The number of nitrogens with one attached hydrogen (secondary N) is 1. The fourth-order valence-corrected chi connectivity index (χ4v) is 4.13. The third kappa shape index (κ3) is 5.81. The third-order valence-corrected chi connectivity index (χ3v) is 6.10. The van der Waals surface area contributed by atoms with Crippen LogP contribution in [-0.4, -0.2) is 39.4 Å². The lowest BCUT2D eigenvalue weighted by Gasteiger charge is -2.30. The number of aryl methyl sites for hydroxylation is 2. The summed E-state index contributed by atoms with van der Waals surface area (Å²) in [6, 6.07) is 12.8. The lowest BCUT2D eigenvalue weighted by atomic mass is 10.0. The molecule has 3 aromatic rings. The van der Waals surface area contributed by atoms with Gasteiger partial charge < -0.3 is 19.5 Å². The number of rotatable bonds is 8. The van der Waals surface area contributed by atoms with Crippen molar-refractivity contribution in [1.82, 2.24) is 20.4 Å². The van der Waals surface area contributed by atoms with Crippen molar-refractivity contribution in [1.29, 1.82) is 0 Å². The number of amides is 2. The Labute approximate surface area is 199 Å². The zero-order valence-electron chi connectivity index (χ0n) is 19.6. The van der Waals surface area contributed by atoms with Crippen molar-refractivity contribution in [3.05, 3.63) is 76.9 Å². The van der Waals surface area contributed by atoms with E-state index in [0.29, 0.717) is 37.6 Å². The highest BCUT2D eigenvalue weighted by Gasteiger charge is 2.31. The molecule has 1 N–H and O–H groups in total. The Bertz CT molecular complexity index is 1090. The molecule has 1 saturated heterocycles. The van der Waals surface area contributed by atoms with Crippen LogP contribution >= 0.6 is 0 Å². The van der Waals surface area contributed by atoms with E-state index in [4.69, 9.17) is 9.26 Å². The van der Waals surface area contributed by atoms with Crippen molar-refractivity contribution in [2.75, 3.05) is 6.54 Å². The van der Waals surface area contributed by atoms with E-state index in [1.165, 1.54) is 0 Å². The van der Waals surface area contributed by atoms with Gasteiger partial charge in [0.05, 0.1) is 17.8 Å². The second-order valence-electron chi connectivity index (χ2n) is 8.56. The summed E-state index contributed by atoms with van der Waals surface area (Å²) in [7, 11) is 0. The first-order valence-corrected chi connectivity index (χ1v) is 11.6. The Morgan fingerprint density at radius 2 is 2.00 bits per heavy atom. The topological polar surface area (TPSA) is 97.6 Å². The van der Waals surface area contributed by atoms with E-state index in [1.807, 2.05) is 49.4 Å². The van der Waals surface area contributed by atoms with Crippen molar-refractivity contribution < 1.29 is 18.8 Å². The number of carbonyl (C=O) groups excluding carboxylic acids is 2. The Morgan fingerprint density at radius 3 is 2.71 bits per heavy atom. The molecule has 0 radical (unpaired) electrons. The van der Waals surface area contributed by atoms with Crippen LogP contribution in [-0.2, 0) is 29.2 Å². The van der Waals surface area contributed by atoms with Gasteiger partial charge in [-0.05, 0) is 62.9 Å². The van der Waals surface area contributed by atoms with E-state index in [9.17, 15) is 9.59 Å². The van der Waals surface area contributed by atoms with Gasteiger partial charge >= 0.3 is 0 Å². The Hall–Kier alpha value is -3.68. The first-order valence-electron chi connectivity index (χ1n) is 11.6. The summed E-state index contributed by atoms with van der Waals surface area (Å²) in [4.78, 5) is 32.2. The number of aromatic nitrogens is 2. The molecule has 0 spiro atoms. The van der Waals surface area contributed by atoms with Crippen molar-refractivity contribution in [3.63, 3.8) is 0 Å². The summed E-state index contributed by atoms with van der Waals surface area (Å²) in [5.74, 6) is 1.13. The number of benzene rings is 1. The lowest BCUT2D eigenvalue weighted by Crippen LogP contribution is -2.48. The minimum Gasteiger partial charge on any atom is -0.487 e. The number of hydrogen-bond acceptors (Lipinski definition) is 6. The maximum absolute atomic E-state index is 13.4. The molecule has 0 aliphatic carbocycles. The molecule has 8 heteroatoms. The number of carbonyl (C=O) groups is 2. The molecule has 1 aliphatic heterocycles. The molecule has 34 heavy (non-hydrogen) atoms. The van der Waals surface area contributed by atoms with E-state index in [0.717, 1.165) is 35.4 Å². The van der Waals surface area contributed by atoms with Crippen LogP contribution in [0, 0.1) is 13.8 Å². The molecule has 178 valence electrons. The van der Waals surface area contributed by atoms with Crippen molar-refractivity contribution in [2.45, 2.75) is 58.7 Å². The Kier molecular flexibility index (Phi) is 7.57. The highest BCUT2D eigenvalue weighted by Crippen LogP contribution is 2.22. The van der Waals surface area contributed by atoms with Gasteiger partial charge in [-0.3, -0.25) is 14.6 Å². The number of hydrogen-bond donors (Lipinski definition) is 1. The van der Waals surface area contributed by atoms with Crippen LogP contribution in [0.3, 0.4) is 0 Å². The van der Waals surface area contributed by atoms with Crippen molar-refractivity contribution >= 4 is 11.8 Å². The highest BCUT2D eigenvalue weighted by molar-refractivity contribution is 5.88. The van der Waals surface area contributed by atoms with E-state index in [1.54, 1.807) is 18.0 Å². The minimum absolute atomic E-state index is 0.0973. The number of pyridine rings is 1. The number of nitrogens with zero attached hydrogens (tertiary/aromatic N) is 3. The van der Waals surface area contributed by atoms with Gasteiger partial charge in [0.1, 0.15) is 24.2 Å². The molecule has 8 nitrogen and oxygen atoms in total. The zero-order chi connectivity index (χ0) is 23.9. The highest BCUT2D eigenvalue weighted by atomic mass is 16.5. The fraction of sp³-hybridized carbons (Fsp3) is 0.385. The van der Waals surface area contributed by atoms with Gasteiger partial charge in [0, 0.05) is 24.8 Å². The van der Waals surface area contributed by atoms with Crippen LogP contribution in [0.15, 0.2) is 53.2 Å². The molecule has 0 unspecified atom stereocenters. The summed E-state index contributed by atoms with van der Waals surface area (Å²) in [5.41, 5.74) is 3.25. The molecule has 1 aliphatic rings. The molecule has 0 saturated carbocycles. The monoisotopic (exact) mass is 462 g/mol. The average molecular weight is 463 g/mol. The maximum atomic E-state index is 13.4. The van der Waals surface area contributed by atoms with E-state index in [-0.39, 0.29) is 18.2 Å². The molecule has 2 amide bonds. The zero-order valence-corrected chi connectivity index (χ0v) is 19.6. The van der Waals surface area contributed by atoms with E-state index >= 15 is 0 Å². The summed E-state index contributed by atoms with van der Waals surface area (Å²) in [5, 5.41) is 6.91. The molecule has 1 atom stereocenters. The number of ether oxygens (including phenoxy) is 1. The van der Waals surface area contributed by atoms with Gasteiger partial charge in [-0.15, -0.1) is 0 Å². The van der Waals surface area contributed by atoms with Crippen LogP contribution < -0.4 is 10.1 Å². The molecule has 2 aromatic heterocycles. The average Bonchev–Trinajstić information content (AvgIpc) is 3.03. The SMILES string of the molecule is Cc1noc(C)c1CC(=O)N(Cc1ccc(OCc2ccccn2)cc1)[C@H]1CCCCNC1=O. The summed E-state index contributed by atoms with van der Waals surface area (Å²) >= 11 is 0. The normalized spacial score (nSPS) is 15.9. The molecular formula is C26H30N4O4. The second-order valence-corrected chi connectivity index (χ2v) is 8.56. The molecule has 4 rings (SSSR count). The van der Waals surface area contributed by atoms with Gasteiger partial charge in [0.25, 0.3) is 0 Å². The molecule has 0 bridgehead atoms. The largest absolute Gasteiger partial charge is 0.487 e. The van der Waals surface area contributed by atoms with Gasteiger partial charge in [0.15, 0.2) is 0 Å². The smallest absolute Gasteiger partial charge is 0.242 e. The van der Waals surface area contributed by atoms with Gasteiger partial charge in [0.2, 0.25) is 11.8 Å². The summed E-state index contributed by atoms with van der Waals surface area (Å²) in [6.07, 6.45) is 4.33. The van der Waals surface area contributed by atoms with Crippen LogP contribution in [0.25, 0.3) is 0 Å². The second kappa shape index (κ2) is 11.0. The van der Waals surface area contributed by atoms with Crippen LogP contribution in [0.2, 0.25) is 0 Å². The van der Waals surface area contributed by atoms with Gasteiger partial charge in [-0.25, -0.2) is 0 Å². The third-order valence-electron chi connectivity index (χ3n) is 6.10. The predicted octanol–water partition coefficient (Wildman–Crippen LogP) is 3.51. The Morgan fingerprint density at radius 1 is 1.18 bits per heavy atom.